The minimum Gasteiger partial charge on any atom is -0.383 e. The minimum atomic E-state index is -1.20. The lowest BCUT2D eigenvalue weighted by molar-refractivity contribution is -0.144. The molecule has 2 fully saturated rings. The van der Waals surface area contributed by atoms with Crippen LogP contribution < -0.4 is 0 Å². The molecule has 1 aromatic heterocycles. The number of nitrogens with zero attached hydrogens (tertiary/aromatic N) is 4. The SMILES string of the molecule is COCCN1C(=O)C[C@](CC(=O)N2CCCC[C@@H]2c2nccn2C)(c2ccccc2C)C1=O. The maximum Gasteiger partial charge on any atom is 0.240 e. The van der Waals surface area contributed by atoms with Crippen molar-refractivity contribution >= 4 is 17.7 Å². The van der Waals surface area contributed by atoms with Gasteiger partial charge in [0.05, 0.1) is 24.6 Å². The first-order valence-corrected chi connectivity index (χ1v) is 11.6. The van der Waals surface area contributed by atoms with E-state index in [0.29, 0.717) is 6.54 Å². The summed E-state index contributed by atoms with van der Waals surface area (Å²) in [5.41, 5.74) is 0.457. The van der Waals surface area contributed by atoms with E-state index < -0.39 is 5.41 Å². The number of aryl methyl sites for hydroxylation is 2. The summed E-state index contributed by atoms with van der Waals surface area (Å²) < 4.78 is 7.06. The van der Waals surface area contributed by atoms with Crippen molar-refractivity contribution in [3.63, 3.8) is 0 Å². The Morgan fingerprint density at radius 3 is 2.73 bits per heavy atom. The molecule has 4 rings (SSSR count). The van der Waals surface area contributed by atoms with Crippen LogP contribution in [-0.4, -0.2) is 63.9 Å². The summed E-state index contributed by atoms with van der Waals surface area (Å²) >= 11 is 0. The molecular formula is C25H32N4O4. The highest BCUT2D eigenvalue weighted by molar-refractivity contribution is 6.11. The van der Waals surface area contributed by atoms with Gasteiger partial charge in [0.25, 0.3) is 0 Å². The highest BCUT2D eigenvalue weighted by Crippen LogP contribution is 2.43. The van der Waals surface area contributed by atoms with Crippen molar-refractivity contribution in [2.24, 2.45) is 7.05 Å². The van der Waals surface area contributed by atoms with E-state index in [1.165, 1.54) is 12.0 Å². The first-order chi connectivity index (χ1) is 15.9. The molecule has 1 aromatic carbocycles. The molecule has 2 aromatic rings. The van der Waals surface area contributed by atoms with E-state index in [1.807, 2.05) is 53.9 Å². The molecule has 2 aliphatic rings. The van der Waals surface area contributed by atoms with Gasteiger partial charge in [0, 0.05) is 45.9 Å². The van der Waals surface area contributed by atoms with Gasteiger partial charge in [0.2, 0.25) is 17.7 Å². The fraction of sp³-hybridized carbons (Fsp3) is 0.520. The first kappa shape index (κ1) is 23.2. The molecule has 0 aliphatic carbocycles. The van der Waals surface area contributed by atoms with Gasteiger partial charge in [-0.3, -0.25) is 19.3 Å². The number of carbonyl (C=O) groups excluding carboxylic acids is 3. The zero-order chi connectivity index (χ0) is 23.6. The summed E-state index contributed by atoms with van der Waals surface area (Å²) in [6.45, 7) is 3.00. The Balaban J connectivity index is 1.70. The van der Waals surface area contributed by atoms with Gasteiger partial charge in [-0.25, -0.2) is 4.98 Å². The largest absolute Gasteiger partial charge is 0.383 e. The number of piperidine rings is 1. The molecule has 0 saturated carbocycles. The van der Waals surface area contributed by atoms with Gasteiger partial charge in [-0.05, 0) is 37.3 Å². The Bertz CT molecular complexity index is 1050. The number of likely N-dealkylation sites (tertiary alicyclic amines) is 2. The molecule has 0 unspecified atom stereocenters. The van der Waals surface area contributed by atoms with E-state index in [2.05, 4.69) is 4.98 Å². The lowest BCUT2D eigenvalue weighted by Crippen LogP contribution is -2.46. The number of carbonyl (C=O) groups is 3. The Morgan fingerprint density at radius 1 is 1.24 bits per heavy atom. The van der Waals surface area contributed by atoms with Crippen LogP contribution in [0.15, 0.2) is 36.7 Å². The first-order valence-electron chi connectivity index (χ1n) is 11.6. The molecule has 0 radical (unpaired) electrons. The predicted molar refractivity (Wildman–Crippen MR) is 122 cm³/mol. The van der Waals surface area contributed by atoms with E-state index >= 15 is 0 Å². The minimum absolute atomic E-state index is 0.00689. The molecule has 3 heterocycles. The quantitative estimate of drug-likeness (QED) is 0.603. The second-order valence-electron chi connectivity index (χ2n) is 9.09. The zero-order valence-corrected chi connectivity index (χ0v) is 19.6. The van der Waals surface area contributed by atoms with Crippen molar-refractivity contribution in [3.05, 3.63) is 53.6 Å². The standard InChI is InChI=1S/C25H32N4O4/c1-18-8-4-5-9-19(18)25(17-22(31)29(24(25)32)14-15-33-3)16-21(30)28-12-7-6-10-20(28)23-26-11-13-27(23)2/h4-5,8-9,11,13,20H,6-7,10,12,14-17H2,1-3H3/t20-,25-/m1/s1. The van der Waals surface area contributed by atoms with E-state index in [0.717, 1.165) is 36.2 Å². The summed E-state index contributed by atoms with van der Waals surface area (Å²) in [5, 5.41) is 0. The fourth-order valence-electron chi connectivity index (χ4n) is 5.32. The van der Waals surface area contributed by atoms with Gasteiger partial charge in [-0.2, -0.15) is 0 Å². The van der Waals surface area contributed by atoms with E-state index in [9.17, 15) is 14.4 Å². The van der Waals surface area contributed by atoms with Crippen molar-refractivity contribution in [1.29, 1.82) is 0 Å². The Morgan fingerprint density at radius 2 is 2.03 bits per heavy atom. The summed E-state index contributed by atoms with van der Waals surface area (Å²) in [5.74, 6) is 0.175. The fourth-order valence-corrected chi connectivity index (χ4v) is 5.32. The van der Waals surface area contributed by atoms with Gasteiger partial charge in [-0.15, -0.1) is 0 Å². The number of rotatable bonds is 7. The smallest absolute Gasteiger partial charge is 0.240 e. The van der Waals surface area contributed by atoms with E-state index in [1.54, 1.807) is 6.20 Å². The van der Waals surface area contributed by atoms with Crippen molar-refractivity contribution in [2.75, 3.05) is 26.8 Å². The molecule has 0 spiro atoms. The summed E-state index contributed by atoms with van der Waals surface area (Å²) in [4.78, 5) is 48.1. The zero-order valence-electron chi connectivity index (χ0n) is 19.6. The number of imidazole rings is 1. The maximum absolute atomic E-state index is 13.8. The third-order valence-electron chi connectivity index (χ3n) is 7.02. The van der Waals surface area contributed by atoms with Crippen LogP contribution in [-0.2, 0) is 31.6 Å². The highest BCUT2D eigenvalue weighted by atomic mass is 16.5. The molecule has 8 heteroatoms. The highest BCUT2D eigenvalue weighted by Gasteiger charge is 2.54. The van der Waals surface area contributed by atoms with Crippen LogP contribution in [0, 0.1) is 6.92 Å². The number of amides is 3. The van der Waals surface area contributed by atoms with Crippen LogP contribution in [0.4, 0.5) is 0 Å². The number of imide groups is 1. The molecule has 2 saturated heterocycles. The van der Waals surface area contributed by atoms with Crippen LogP contribution >= 0.6 is 0 Å². The molecule has 2 aliphatic heterocycles. The monoisotopic (exact) mass is 452 g/mol. The van der Waals surface area contributed by atoms with Gasteiger partial charge in [0.15, 0.2) is 0 Å². The van der Waals surface area contributed by atoms with Gasteiger partial charge in [0.1, 0.15) is 5.82 Å². The number of ether oxygens (including phenoxy) is 1. The van der Waals surface area contributed by atoms with Crippen molar-refractivity contribution in [1.82, 2.24) is 19.4 Å². The number of methoxy groups -OCH3 is 1. The van der Waals surface area contributed by atoms with E-state index in [-0.39, 0.29) is 49.8 Å². The van der Waals surface area contributed by atoms with Gasteiger partial charge < -0.3 is 14.2 Å². The maximum atomic E-state index is 13.8. The second-order valence-corrected chi connectivity index (χ2v) is 9.09. The van der Waals surface area contributed by atoms with Crippen LogP contribution in [0.5, 0.6) is 0 Å². The van der Waals surface area contributed by atoms with Crippen LogP contribution in [0.1, 0.15) is 55.1 Å². The molecule has 0 bridgehead atoms. The number of hydrogen-bond acceptors (Lipinski definition) is 5. The van der Waals surface area contributed by atoms with Crippen molar-refractivity contribution in [3.8, 4) is 0 Å². The molecular weight excluding hydrogens is 420 g/mol. The van der Waals surface area contributed by atoms with E-state index in [4.69, 9.17) is 4.74 Å². The average Bonchev–Trinajstić information content (AvgIpc) is 3.33. The third-order valence-corrected chi connectivity index (χ3v) is 7.02. The summed E-state index contributed by atoms with van der Waals surface area (Å²) in [6.07, 6.45) is 6.35. The third kappa shape index (κ3) is 4.19. The van der Waals surface area contributed by atoms with Gasteiger partial charge in [-0.1, -0.05) is 24.3 Å². The second kappa shape index (κ2) is 9.47. The summed E-state index contributed by atoms with van der Waals surface area (Å²) in [6, 6.07) is 7.44. The molecule has 3 amide bonds. The van der Waals surface area contributed by atoms with Crippen LogP contribution in [0.3, 0.4) is 0 Å². The average molecular weight is 453 g/mol. The topological polar surface area (TPSA) is 84.7 Å². The molecule has 0 N–H and O–H groups in total. The lowest BCUT2D eigenvalue weighted by Gasteiger charge is -2.38. The van der Waals surface area contributed by atoms with Crippen LogP contribution in [0.25, 0.3) is 0 Å². The molecule has 2 atom stereocenters. The Hall–Kier alpha value is -3.00. The predicted octanol–water partition coefficient (Wildman–Crippen LogP) is 2.52. The van der Waals surface area contributed by atoms with Gasteiger partial charge >= 0.3 is 0 Å². The Kier molecular flexibility index (Phi) is 6.65. The van der Waals surface area contributed by atoms with Crippen molar-refractivity contribution in [2.45, 2.75) is 50.5 Å². The number of hydrogen-bond donors (Lipinski definition) is 0. The normalized spacial score (nSPS) is 23.4. The van der Waals surface area contributed by atoms with Crippen LogP contribution in [0.2, 0.25) is 0 Å². The lowest BCUT2D eigenvalue weighted by atomic mass is 9.73. The summed E-state index contributed by atoms with van der Waals surface area (Å²) in [7, 11) is 3.47. The number of benzene rings is 1. The molecule has 176 valence electrons. The Labute approximate surface area is 194 Å². The molecule has 8 nitrogen and oxygen atoms in total. The molecule has 33 heavy (non-hydrogen) atoms. The van der Waals surface area contributed by atoms with Crippen molar-refractivity contribution < 1.29 is 19.1 Å². The number of aromatic nitrogens is 2.